The number of hydrogen-bond acceptors (Lipinski definition) is 3. The van der Waals surface area contributed by atoms with Crippen molar-refractivity contribution >= 4 is 22.6 Å². The second kappa shape index (κ2) is 7.34. The summed E-state index contributed by atoms with van der Waals surface area (Å²) in [6.07, 6.45) is 5.50. The molecule has 0 aromatic heterocycles. The van der Waals surface area contributed by atoms with Crippen LogP contribution in [0.15, 0.2) is 36.4 Å². The zero-order chi connectivity index (χ0) is 16.9. The number of carbonyl (C=O) groups excluding carboxylic acids is 1. The van der Waals surface area contributed by atoms with Gasteiger partial charge in [0.05, 0.1) is 0 Å². The predicted molar refractivity (Wildman–Crippen MR) is 91.4 cm³/mol. The Labute approximate surface area is 140 Å². The van der Waals surface area contributed by atoms with E-state index in [4.69, 9.17) is 4.74 Å². The molecule has 1 amide bonds. The average Bonchev–Trinajstić information content (AvgIpc) is 2.60. The zero-order valence-corrected chi connectivity index (χ0v) is 13.5. The van der Waals surface area contributed by atoms with Crippen molar-refractivity contribution in [2.24, 2.45) is 0 Å². The summed E-state index contributed by atoms with van der Waals surface area (Å²) in [7, 11) is 0. The molecule has 0 bridgehead atoms. The molecule has 5 nitrogen and oxygen atoms in total. The maximum absolute atomic E-state index is 12.1. The quantitative estimate of drug-likeness (QED) is 0.883. The second-order valence-corrected chi connectivity index (χ2v) is 6.16. The molecule has 2 aromatic rings. The van der Waals surface area contributed by atoms with Gasteiger partial charge in [-0.05, 0) is 24.3 Å². The van der Waals surface area contributed by atoms with Gasteiger partial charge in [0.25, 0.3) is 5.91 Å². The van der Waals surface area contributed by atoms with Crippen LogP contribution in [-0.4, -0.2) is 29.6 Å². The number of carbonyl (C=O) groups is 2. The lowest BCUT2D eigenvalue weighted by Gasteiger charge is -2.23. The van der Waals surface area contributed by atoms with Crippen LogP contribution in [0.4, 0.5) is 0 Å². The third-order valence-electron chi connectivity index (χ3n) is 4.43. The van der Waals surface area contributed by atoms with E-state index in [1.54, 1.807) is 12.1 Å². The maximum Gasteiger partial charge on any atom is 0.339 e. The molecule has 0 saturated heterocycles. The lowest BCUT2D eigenvalue weighted by molar-refractivity contribution is -0.124. The number of carboxylic acid groups (broad SMARTS) is 1. The van der Waals surface area contributed by atoms with Gasteiger partial charge in [0, 0.05) is 11.4 Å². The van der Waals surface area contributed by atoms with Gasteiger partial charge in [0.1, 0.15) is 11.3 Å². The van der Waals surface area contributed by atoms with Crippen LogP contribution >= 0.6 is 0 Å². The van der Waals surface area contributed by atoms with Crippen LogP contribution in [0.25, 0.3) is 10.8 Å². The summed E-state index contributed by atoms with van der Waals surface area (Å²) in [5.74, 6) is -1.02. The van der Waals surface area contributed by atoms with Crippen LogP contribution < -0.4 is 10.1 Å². The Balaban J connectivity index is 1.74. The molecule has 1 fully saturated rings. The van der Waals surface area contributed by atoms with Gasteiger partial charge in [-0.1, -0.05) is 49.6 Å². The number of benzene rings is 2. The Morgan fingerprint density at radius 2 is 1.83 bits per heavy atom. The first-order valence-electron chi connectivity index (χ1n) is 8.32. The Morgan fingerprint density at radius 3 is 2.58 bits per heavy atom. The maximum atomic E-state index is 12.1. The lowest BCUT2D eigenvalue weighted by atomic mass is 9.95. The average molecular weight is 327 g/mol. The standard InChI is InChI=1S/C19H21NO4/c21-17(20-14-7-2-1-3-8-14)12-24-18-15-9-5-4-6-13(15)10-11-16(18)19(22)23/h4-6,9-11,14H,1-3,7-8,12H2,(H,20,21)(H,22,23). The van der Waals surface area contributed by atoms with E-state index in [1.807, 2.05) is 18.2 Å². The summed E-state index contributed by atoms with van der Waals surface area (Å²) >= 11 is 0. The van der Waals surface area contributed by atoms with Crippen LogP contribution in [0.1, 0.15) is 42.5 Å². The molecule has 1 saturated carbocycles. The van der Waals surface area contributed by atoms with E-state index in [0.29, 0.717) is 5.39 Å². The number of carboxylic acids is 1. The number of ether oxygens (including phenoxy) is 1. The third kappa shape index (κ3) is 3.67. The Hall–Kier alpha value is -2.56. The SMILES string of the molecule is O=C(COc1c(C(=O)O)ccc2ccccc12)NC1CCCCC1. The number of aromatic carboxylic acids is 1. The molecular weight excluding hydrogens is 306 g/mol. The van der Waals surface area contributed by atoms with Gasteiger partial charge in [0.15, 0.2) is 6.61 Å². The van der Waals surface area contributed by atoms with Gasteiger partial charge in [-0.25, -0.2) is 4.79 Å². The van der Waals surface area contributed by atoms with E-state index in [0.717, 1.165) is 31.1 Å². The molecule has 1 aliphatic carbocycles. The molecule has 0 unspecified atom stereocenters. The summed E-state index contributed by atoms with van der Waals surface area (Å²) < 4.78 is 5.62. The molecule has 0 atom stereocenters. The molecule has 0 heterocycles. The summed E-state index contributed by atoms with van der Waals surface area (Å²) in [6.45, 7) is -0.176. The molecule has 1 aliphatic rings. The molecule has 24 heavy (non-hydrogen) atoms. The fourth-order valence-electron chi connectivity index (χ4n) is 3.22. The number of rotatable bonds is 5. The largest absolute Gasteiger partial charge is 0.482 e. The number of amides is 1. The molecule has 0 aliphatic heterocycles. The van der Waals surface area contributed by atoms with Crippen LogP contribution in [0, 0.1) is 0 Å². The molecule has 126 valence electrons. The zero-order valence-electron chi connectivity index (χ0n) is 13.5. The van der Waals surface area contributed by atoms with Gasteiger partial charge < -0.3 is 15.2 Å². The van der Waals surface area contributed by atoms with Crippen LogP contribution in [0.5, 0.6) is 5.75 Å². The first kappa shape index (κ1) is 16.3. The minimum absolute atomic E-state index is 0.0687. The fourth-order valence-corrected chi connectivity index (χ4v) is 3.22. The fraction of sp³-hybridized carbons (Fsp3) is 0.368. The van der Waals surface area contributed by atoms with Crippen molar-refractivity contribution in [1.29, 1.82) is 0 Å². The van der Waals surface area contributed by atoms with Crippen molar-refractivity contribution in [1.82, 2.24) is 5.32 Å². The molecule has 0 spiro atoms. The topological polar surface area (TPSA) is 75.6 Å². The van der Waals surface area contributed by atoms with Crippen molar-refractivity contribution in [2.45, 2.75) is 38.1 Å². The Bertz CT molecular complexity index is 750. The van der Waals surface area contributed by atoms with Crippen molar-refractivity contribution in [3.8, 4) is 5.75 Å². The number of nitrogens with one attached hydrogen (secondary N) is 1. The van der Waals surface area contributed by atoms with Crippen LogP contribution in [0.2, 0.25) is 0 Å². The van der Waals surface area contributed by atoms with E-state index in [2.05, 4.69) is 5.32 Å². The first-order chi connectivity index (χ1) is 11.6. The van der Waals surface area contributed by atoms with Gasteiger partial charge >= 0.3 is 5.97 Å². The van der Waals surface area contributed by atoms with Crippen molar-refractivity contribution in [2.75, 3.05) is 6.61 Å². The van der Waals surface area contributed by atoms with E-state index in [1.165, 1.54) is 12.5 Å². The van der Waals surface area contributed by atoms with Crippen molar-refractivity contribution in [3.63, 3.8) is 0 Å². The normalized spacial score (nSPS) is 15.2. The van der Waals surface area contributed by atoms with Crippen LogP contribution in [-0.2, 0) is 4.79 Å². The second-order valence-electron chi connectivity index (χ2n) is 6.16. The first-order valence-corrected chi connectivity index (χ1v) is 8.32. The smallest absolute Gasteiger partial charge is 0.339 e. The van der Waals surface area contributed by atoms with Crippen molar-refractivity contribution < 1.29 is 19.4 Å². The lowest BCUT2D eigenvalue weighted by Crippen LogP contribution is -2.39. The molecule has 0 radical (unpaired) electrons. The third-order valence-corrected chi connectivity index (χ3v) is 4.43. The molecule has 2 N–H and O–H groups in total. The summed E-state index contributed by atoms with van der Waals surface area (Å²) in [5.41, 5.74) is 0.0687. The van der Waals surface area contributed by atoms with E-state index >= 15 is 0 Å². The van der Waals surface area contributed by atoms with Crippen molar-refractivity contribution in [3.05, 3.63) is 42.0 Å². The molecule has 2 aromatic carbocycles. The monoisotopic (exact) mass is 327 g/mol. The van der Waals surface area contributed by atoms with Gasteiger partial charge in [-0.15, -0.1) is 0 Å². The summed E-state index contributed by atoms with van der Waals surface area (Å²) in [4.78, 5) is 23.6. The highest BCUT2D eigenvalue weighted by atomic mass is 16.5. The summed E-state index contributed by atoms with van der Waals surface area (Å²) in [5, 5.41) is 13.9. The van der Waals surface area contributed by atoms with Crippen LogP contribution in [0.3, 0.4) is 0 Å². The van der Waals surface area contributed by atoms with E-state index < -0.39 is 5.97 Å². The molecular formula is C19H21NO4. The number of hydrogen-bond donors (Lipinski definition) is 2. The highest BCUT2D eigenvalue weighted by molar-refractivity contribution is 6.00. The highest BCUT2D eigenvalue weighted by Gasteiger charge is 2.18. The highest BCUT2D eigenvalue weighted by Crippen LogP contribution is 2.30. The summed E-state index contributed by atoms with van der Waals surface area (Å²) in [6, 6.07) is 10.9. The van der Waals surface area contributed by atoms with E-state index in [-0.39, 0.29) is 29.9 Å². The predicted octanol–water partition coefficient (Wildman–Crippen LogP) is 3.37. The van der Waals surface area contributed by atoms with Gasteiger partial charge in [0.2, 0.25) is 0 Å². The molecule has 5 heteroatoms. The van der Waals surface area contributed by atoms with E-state index in [9.17, 15) is 14.7 Å². The number of fused-ring (bicyclic) bond motifs is 1. The molecule has 3 rings (SSSR count). The van der Waals surface area contributed by atoms with Gasteiger partial charge in [-0.2, -0.15) is 0 Å². The minimum Gasteiger partial charge on any atom is -0.482 e. The Kier molecular flexibility index (Phi) is 4.99. The Morgan fingerprint density at radius 1 is 1.08 bits per heavy atom. The van der Waals surface area contributed by atoms with Gasteiger partial charge in [-0.3, -0.25) is 4.79 Å². The minimum atomic E-state index is -1.07.